The van der Waals surface area contributed by atoms with E-state index in [4.69, 9.17) is 9.47 Å². The lowest BCUT2D eigenvalue weighted by atomic mass is 10.0. The summed E-state index contributed by atoms with van der Waals surface area (Å²) in [5.41, 5.74) is 1.13. The summed E-state index contributed by atoms with van der Waals surface area (Å²) < 4.78 is 10.6. The highest BCUT2D eigenvalue weighted by atomic mass is 16.6. The van der Waals surface area contributed by atoms with E-state index in [0.29, 0.717) is 23.6 Å². The van der Waals surface area contributed by atoms with Crippen molar-refractivity contribution in [1.82, 2.24) is 4.90 Å². The van der Waals surface area contributed by atoms with Crippen molar-refractivity contribution >= 4 is 28.8 Å². The number of ether oxygens (including phenoxy) is 2. The molecule has 0 aromatic heterocycles. The first-order valence-electron chi connectivity index (χ1n) is 9.80. The molecule has 0 aliphatic carbocycles. The summed E-state index contributed by atoms with van der Waals surface area (Å²) in [6.45, 7) is 2.84. The summed E-state index contributed by atoms with van der Waals surface area (Å²) in [6.07, 6.45) is 0.856. The largest absolute Gasteiger partial charge is 0.494 e. The van der Waals surface area contributed by atoms with Gasteiger partial charge in [0.1, 0.15) is 11.4 Å². The normalized spacial score (nSPS) is 13.7. The van der Waals surface area contributed by atoms with Gasteiger partial charge in [0.25, 0.3) is 17.5 Å². The third-order valence-electron chi connectivity index (χ3n) is 4.63. The van der Waals surface area contributed by atoms with Gasteiger partial charge in [-0.2, -0.15) is 0 Å². The van der Waals surface area contributed by atoms with E-state index in [1.165, 1.54) is 31.4 Å². The Morgan fingerprint density at radius 3 is 2.45 bits per heavy atom. The number of amides is 2. The van der Waals surface area contributed by atoms with Crippen LogP contribution in [0.15, 0.2) is 54.2 Å². The smallest absolute Gasteiger partial charge is 0.278 e. The second-order valence-electron chi connectivity index (χ2n) is 6.81. The third kappa shape index (κ3) is 4.89. The quantitative estimate of drug-likeness (QED) is 0.353. The van der Waals surface area contributed by atoms with Crippen LogP contribution in [0.3, 0.4) is 0 Å². The number of nitro groups is 1. The number of rotatable bonds is 10. The van der Waals surface area contributed by atoms with E-state index in [9.17, 15) is 19.7 Å². The standard InChI is InChI=1S/C22H23N3O6/c1-3-12-31-18-6-4-5-16(14-18)23-20-19(15-7-9-17(10-8-15)25(28)29)21(26)24(22(20)27)11-13-30-2/h4-10,14,23H,3,11-13H2,1-2H3. The molecule has 1 heterocycles. The van der Waals surface area contributed by atoms with Crippen molar-refractivity contribution < 1.29 is 24.0 Å². The van der Waals surface area contributed by atoms with Crippen LogP contribution >= 0.6 is 0 Å². The molecule has 1 aliphatic heterocycles. The number of nitrogens with one attached hydrogen (secondary N) is 1. The monoisotopic (exact) mass is 425 g/mol. The van der Waals surface area contributed by atoms with E-state index in [-0.39, 0.29) is 30.1 Å². The second-order valence-corrected chi connectivity index (χ2v) is 6.81. The molecule has 2 amide bonds. The highest BCUT2D eigenvalue weighted by Gasteiger charge is 2.39. The molecule has 0 spiro atoms. The number of carbonyl (C=O) groups is 2. The van der Waals surface area contributed by atoms with E-state index in [1.54, 1.807) is 24.3 Å². The highest BCUT2D eigenvalue weighted by Crippen LogP contribution is 2.32. The molecule has 0 bridgehead atoms. The van der Waals surface area contributed by atoms with E-state index >= 15 is 0 Å². The number of nitrogens with zero attached hydrogens (tertiary/aromatic N) is 2. The van der Waals surface area contributed by atoms with Crippen molar-refractivity contribution in [2.45, 2.75) is 13.3 Å². The molecule has 9 heteroatoms. The van der Waals surface area contributed by atoms with Crippen molar-refractivity contribution in [2.75, 3.05) is 32.2 Å². The van der Waals surface area contributed by atoms with Crippen LogP contribution in [0, 0.1) is 10.1 Å². The first-order chi connectivity index (χ1) is 15.0. The summed E-state index contributed by atoms with van der Waals surface area (Å²) in [5, 5.41) is 14.0. The zero-order valence-corrected chi connectivity index (χ0v) is 17.3. The average molecular weight is 425 g/mol. The molecule has 2 aromatic carbocycles. The second kappa shape index (κ2) is 9.86. The summed E-state index contributed by atoms with van der Waals surface area (Å²) in [5.74, 6) is -0.343. The average Bonchev–Trinajstić information content (AvgIpc) is 3.00. The molecule has 2 aromatic rings. The Balaban J connectivity index is 1.99. The molecule has 0 radical (unpaired) electrons. The van der Waals surface area contributed by atoms with Gasteiger partial charge in [0.15, 0.2) is 0 Å². The Labute approximate surface area is 179 Å². The lowest BCUT2D eigenvalue weighted by Gasteiger charge is -2.14. The van der Waals surface area contributed by atoms with Gasteiger partial charge in [0.2, 0.25) is 0 Å². The summed E-state index contributed by atoms with van der Waals surface area (Å²) in [4.78, 5) is 37.6. The molecule has 31 heavy (non-hydrogen) atoms. The minimum atomic E-state index is -0.522. The number of non-ortho nitro benzene ring substituents is 1. The van der Waals surface area contributed by atoms with Gasteiger partial charge in [-0.05, 0) is 36.2 Å². The fourth-order valence-electron chi connectivity index (χ4n) is 3.12. The Hall–Kier alpha value is -3.72. The van der Waals surface area contributed by atoms with Gasteiger partial charge in [0.05, 0.1) is 30.3 Å². The molecule has 0 fully saturated rings. The lowest BCUT2D eigenvalue weighted by Crippen LogP contribution is -2.35. The van der Waals surface area contributed by atoms with Crippen molar-refractivity contribution in [1.29, 1.82) is 0 Å². The predicted molar refractivity (Wildman–Crippen MR) is 114 cm³/mol. The molecule has 162 valence electrons. The number of nitro benzene ring substituents is 1. The first-order valence-corrected chi connectivity index (χ1v) is 9.80. The minimum Gasteiger partial charge on any atom is -0.494 e. The third-order valence-corrected chi connectivity index (χ3v) is 4.63. The predicted octanol–water partition coefficient (Wildman–Crippen LogP) is 3.22. The molecule has 3 rings (SSSR count). The molecular weight excluding hydrogens is 402 g/mol. The Morgan fingerprint density at radius 2 is 1.81 bits per heavy atom. The molecule has 0 unspecified atom stereocenters. The van der Waals surface area contributed by atoms with Gasteiger partial charge in [-0.1, -0.05) is 13.0 Å². The summed E-state index contributed by atoms with van der Waals surface area (Å²) in [6, 6.07) is 12.6. The van der Waals surface area contributed by atoms with Crippen LogP contribution in [0.5, 0.6) is 5.75 Å². The lowest BCUT2D eigenvalue weighted by molar-refractivity contribution is -0.384. The number of methoxy groups -OCH3 is 1. The van der Waals surface area contributed by atoms with Crippen LogP contribution < -0.4 is 10.1 Å². The highest BCUT2D eigenvalue weighted by molar-refractivity contribution is 6.36. The van der Waals surface area contributed by atoms with E-state index in [2.05, 4.69) is 5.32 Å². The summed E-state index contributed by atoms with van der Waals surface area (Å²) in [7, 11) is 1.48. The molecule has 1 aliphatic rings. The maximum Gasteiger partial charge on any atom is 0.278 e. The van der Waals surface area contributed by atoms with Gasteiger partial charge >= 0.3 is 0 Å². The number of imide groups is 1. The number of carbonyl (C=O) groups excluding carboxylic acids is 2. The minimum absolute atomic E-state index is 0.0927. The van der Waals surface area contributed by atoms with Crippen LogP contribution in [-0.4, -0.2) is 48.5 Å². The zero-order valence-electron chi connectivity index (χ0n) is 17.3. The zero-order chi connectivity index (χ0) is 22.4. The topological polar surface area (TPSA) is 111 Å². The number of benzene rings is 2. The van der Waals surface area contributed by atoms with E-state index in [1.807, 2.05) is 6.92 Å². The van der Waals surface area contributed by atoms with E-state index in [0.717, 1.165) is 11.3 Å². The molecule has 0 saturated heterocycles. The first kappa shape index (κ1) is 22.0. The van der Waals surface area contributed by atoms with Crippen LogP contribution in [0.1, 0.15) is 18.9 Å². The van der Waals surface area contributed by atoms with Gasteiger partial charge < -0.3 is 14.8 Å². The molecular formula is C22H23N3O6. The van der Waals surface area contributed by atoms with Gasteiger partial charge in [-0.25, -0.2) is 0 Å². The molecule has 0 saturated carbocycles. The number of hydrogen-bond donors (Lipinski definition) is 1. The molecule has 9 nitrogen and oxygen atoms in total. The van der Waals surface area contributed by atoms with Crippen LogP contribution in [0.4, 0.5) is 11.4 Å². The Bertz CT molecular complexity index is 1020. The maximum absolute atomic E-state index is 13.0. The van der Waals surface area contributed by atoms with Crippen molar-refractivity contribution in [3.05, 3.63) is 69.9 Å². The SMILES string of the molecule is CCCOc1cccc(NC2=C(c3ccc([N+](=O)[O-])cc3)C(=O)N(CCOC)C2=O)c1. The molecule has 1 N–H and O–H groups in total. The summed E-state index contributed by atoms with van der Waals surface area (Å²) >= 11 is 0. The van der Waals surface area contributed by atoms with E-state index < -0.39 is 16.7 Å². The molecule has 0 atom stereocenters. The number of hydrogen-bond acceptors (Lipinski definition) is 7. The van der Waals surface area contributed by atoms with Crippen molar-refractivity contribution in [3.8, 4) is 5.75 Å². The van der Waals surface area contributed by atoms with Crippen molar-refractivity contribution in [3.63, 3.8) is 0 Å². The van der Waals surface area contributed by atoms with Crippen molar-refractivity contribution in [2.24, 2.45) is 0 Å². The van der Waals surface area contributed by atoms with Gasteiger partial charge in [-0.15, -0.1) is 0 Å². The van der Waals surface area contributed by atoms with Crippen LogP contribution in [0.25, 0.3) is 5.57 Å². The Kier molecular flexibility index (Phi) is 6.99. The fraction of sp³-hybridized carbons (Fsp3) is 0.273. The van der Waals surface area contributed by atoms with Gasteiger partial charge in [-0.3, -0.25) is 24.6 Å². The number of anilines is 1. The van der Waals surface area contributed by atoms with Gasteiger partial charge in [0, 0.05) is 31.0 Å². The Morgan fingerprint density at radius 1 is 1.06 bits per heavy atom. The maximum atomic E-state index is 13.0. The van der Waals surface area contributed by atoms with Crippen LogP contribution in [-0.2, 0) is 14.3 Å². The fourth-order valence-corrected chi connectivity index (χ4v) is 3.12. The van der Waals surface area contributed by atoms with Crippen LogP contribution in [0.2, 0.25) is 0 Å².